The summed E-state index contributed by atoms with van der Waals surface area (Å²) < 4.78 is 108. The maximum atomic E-state index is 12.7. The number of carbonyl (C=O) groups is 2. The third kappa shape index (κ3) is 5.34. The zero-order chi connectivity index (χ0) is 20.1. The minimum absolute atomic E-state index is 0.0607. The lowest BCUT2D eigenvalue weighted by atomic mass is 10.1. The van der Waals surface area contributed by atoms with E-state index >= 15 is 0 Å². The lowest BCUT2D eigenvalue weighted by Crippen LogP contribution is -2.67. The van der Waals surface area contributed by atoms with Crippen molar-refractivity contribution in [1.82, 2.24) is 0 Å². The molecular formula is C10H11ClF6O7S. The number of rotatable bonds is 8. The maximum absolute atomic E-state index is 12.7. The van der Waals surface area contributed by atoms with Gasteiger partial charge in [0.15, 0.2) is 0 Å². The van der Waals surface area contributed by atoms with Crippen LogP contribution in [0.5, 0.6) is 0 Å². The first-order chi connectivity index (χ1) is 11.1. The van der Waals surface area contributed by atoms with Gasteiger partial charge in [-0.15, -0.1) is 11.6 Å². The second-order valence-electron chi connectivity index (χ2n) is 4.30. The minimum atomic E-state index is -7.04. The summed E-state index contributed by atoms with van der Waals surface area (Å²) in [6.07, 6.45) is -14.6. The Balaban J connectivity index is 5.27. The third-order valence-corrected chi connectivity index (χ3v) is 4.13. The van der Waals surface area contributed by atoms with E-state index in [1.807, 2.05) is 0 Å². The zero-order valence-electron chi connectivity index (χ0n) is 12.0. The summed E-state index contributed by atoms with van der Waals surface area (Å²) in [6.45, 7) is -1.37. The van der Waals surface area contributed by atoms with Gasteiger partial charge < -0.3 is 9.47 Å². The Morgan fingerprint density at radius 2 is 1.44 bits per heavy atom. The van der Waals surface area contributed by atoms with Crippen molar-refractivity contribution in [3.05, 3.63) is 0 Å². The molecule has 148 valence electrons. The SMILES string of the molecule is O=C(CCCOC(=O)C(C(F)(F)F)(C(F)(F)F)S(=O)(=O)O)OCCCl. The molecule has 0 unspecified atom stereocenters. The van der Waals surface area contributed by atoms with Gasteiger partial charge in [-0.25, -0.2) is 4.79 Å². The quantitative estimate of drug-likeness (QED) is 0.208. The first kappa shape index (κ1) is 23.7. The van der Waals surface area contributed by atoms with Crippen LogP contribution in [0, 0.1) is 0 Å². The van der Waals surface area contributed by atoms with E-state index in [-0.39, 0.29) is 12.5 Å². The molecule has 0 aliphatic carbocycles. The Hall–Kier alpha value is -1.28. The summed E-state index contributed by atoms with van der Waals surface area (Å²) in [5.74, 6) is -4.28. The predicted molar refractivity (Wildman–Crippen MR) is 68.3 cm³/mol. The third-order valence-electron chi connectivity index (χ3n) is 2.57. The lowest BCUT2D eigenvalue weighted by molar-refractivity contribution is -0.268. The summed E-state index contributed by atoms with van der Waals surface area (Å²) >= 11 is 5.19. The number of hydrogen-bond acceptors (Lipinski definition) is 6. The van der Waals surface area contributed by atoms with Crippen LogP contribution >= 0.6 is 11.6 Å². The van der Waals surface area contributed by atoms with E-state index in [0.29, 0.717) is 0 Å². The molecule has 0 heterocycles. The van der Waals surface area contributed by atoms with Crippen molar-refractivity contribution in [2.24, 2.45) is 0 Å². The normalized spacial score (nSPS) is 13.4. The summed E-state index contributed by atoms with van der Waals surface area (Å²) in [6, 6.07) is 0. The predicted octanol–water partition coefficient (Wildman–Crippen LogP) is 1.84. The minimum Gasteiger partial charge on any atom is -0.464 e. The van der Waals surface area contributed by atoms with E-state index in [1.165, 1.54) is 0 Å². The van der Waals surface area contributed by atoms with Gasteiger partial charge in [0.05, 0.1) is 12.5 Å². The smallest absolute Gasteiger partial charge is 0.430 e. The molecule has 0 aromatic rings. The average Bonchev–Trinajstić information content (AvgIpc) is 2.36. The first-order valence-corrected chi connectivity index (χ1v) is 8.09. The fourth-order valence-electron chi connectivity index (χ4n) is 1.50. The second-order valence-corrected chi connectivity index (χ2v) is 6.24. The molecular weight excluding hydrogens is 414 g/mol. The molecule has 0 aliphatic heterocycles. The topological polar surface area (TPSA) is 107 Å². The van der Waals surface area contributed by atoms with Crippen LogP contribution in [0.4, 0.5) is 26.3 Å². The molecule has 0 aromatic heterocycles. The molecule has 0 saturated heterocycles. The Bertz CT molecular complexity index is 572. The lowest BCUT2D eigenvalue weighted by Gasteiger charge is -2.31. The Kier molecular flexibility index (Phi) is 7.97. The van der Waals surface area contributed by atoms with E-state index in [2.05, 4.69) is 9.47 Å². The van der Waals surface area contributed by atoms with E-state index in [1.54, 1.807) is 0 Å². The van der Waals surface area contributed by atoms with Crippen molar-refractivity contribution in [2.75, 3.05) is 19.1 Å². The van der Waals surface area contributed by atoms with E-state index in [4.69, 9.17) is 16.2 Å². The average molecular weight is 425 g/mol. The summed E-state index contributed by atoms with van der Waals surface area (Å²) in [5, 5.41) is 0. The number of hydrogen-bond donors (Lipinski definition) is 1. The number of alkyl halides is 7. The van der Waals surface area contributed by atoms with Crippen molar-refractivity contribution in [2.45, 2.75) is 29.9 Å². The van der Waals surface area contributed by atoms with Gasteiger partial charge in [0, 0.05) is 6.42 Å². The fourth-order valence-corrected chi connectivity index (χ4v) is 2.43. The highest BCUT2D eigenvalue weighted by molar-refractivity contribution is 7.88. The molecule has 0 radical (unpaired) electrons. The molecule has 15 heteroatoms. The maximum Gasteiger partial charge on any atom is 0.430 e. The first-order valence-electron chi connectivity index (χ1n) is 6.12. The van der Waals surface area contributed by atoms with Crippen LogP contribution in [-0.4, -0.2) is 61.1 Å². The van der Waals surface area contributed by atoms with Crippen LogP contribution < -0.4 is 0 Å². The van der Waals surface area contributed by atoms with E-state index in [9.17, 15) is 44.3 Å². The highest BCUT2D eigenvalue weighted by Crippen LogP contribution is 2.49. The molecule has 0 aromatic carbocycles. The van der Waals surface area contributed by atoms with Crippen molar-refractivity contribution < 1.29 is 58.4 Å². The molecule has 0 saturated carbocycles. The van der Waals surface area contributed by atoms with Crippen molar-refractivity contribution in [3.8, 4) is 0 Å². The number of carbonyl (C=O) groups excluding carboxylic acids is 2. The molecule has 0 rings (SSSR count). The molecule has 0 atom stereocenters. The number of ether oxygens (including phenoxy) is 2. The highest BCUT2D eigenvalue weighted by Gasteiger charge is 2.84. The van der Waals surface area contributed by atoms with Crippen LogP contribution in [0.25, 0.3) is 0 Å². The number of esters is 2. The monoisotopic (exact) mass is 424 g/mol. The van der Waals surface area contributed by atoms with Gasteiger partial charge in [0.2, 0.25) is 0 Å². The Morgan fingerprint density at radius 3 is 1.80 bits per heavy atom. The van der Waals surface area contributed by atoms with Gasteiger partial charge in [-0.05, 0) is 6.42 Å². The molecule has 0 fully saturated rings. The van der Waals surface area contributed by atoms with Gasteiger partial charge in [-0.2, -0.15) is 34.8 Å². The van der Waals surface area contributed by atoms with Crippen LogP contribution in [-0.2, 0) is 29.2 Å². The van der Waals surface area contributed by atoms with Gasteiger partial charge in [-0.1, -0.05) is 0 Å². The largest absolute Gasteiger partial charge is 0.464 e. The van der Waals surface area contributed by atoms with Crippen molar-refractivity contribution >= 4 is 33.7 Å². The molecule has 0 aliphatic rings. The summed E-state index contributed by atoms with van der Waals surface area (Å²) in [7, 11) is -7.04. The highest BCUT2D eigenvalue weighted by atomic mass is 35.5. The van der Waals surface area contributed by atoms with Crippen LogP contribution in [0.2, 0.25) is 0 Å². The molecule has 25 heavy (non-hydrogen) atoms. The zero-order valence-corrected chi connectivity index (χ0v) is 13.6. The van der Waals surface area contributed by atoms with E-state index < -0.39 is 58.6 Å². The molecule has 0 bridgehead atoms. The fraction of sp³-hybridized carbons (Fsp3) is 0.800. The molecule has 0 amide bonds. The number of halogens is 7. The van der Waals surface area contributed by atoms with Gasteiger partial charge in [-0.3, -0.25) is 9.35 Å². The van der Waals surface area contributed by atoms with Crippen molar-refractivity contribution in [3.63, 3.8) is 0 Å². The standard InChI is InChI=1S/C10H11ClF6O7S/c11-3-5-23-6(18)2-1-4-24-7(19)8(9(12,13)14,10(15,16)17)25(20,21)22/h1-5H2,(H,20,21,22). The van der Waals surface area contributed by atoms with Crippen LogP contribution in [0.1, 0.15) is 12.8 Å². The summed E-state index contributed by atoms with van der Waals surface area (Å²) in [5.41, 5.74) is 0. The Morgan fingerprint density at radius 1 is 0.960 bits per heavy atom. The van der Waals surface area contributed by atoms with Gasteiger partial charge in [0.25, 0.3) is 0 Å². The molecule has 1 N–H and O–H groups in total. The van der Waals surface area contributed by atoms with Gasteiger partial charge >= 0.3 is 39.2 Å². The van der Waals surface area contributed by atoms with E-state index in [0.717, 1.165) is 0 Å². The molecule has 7 nitrogen and oxygen atoms in total. The van der Waals surface area contributed by atoms with Crippen LogP contribution in [0.15, 0.2) is 0 Å². The molecule has 0 spiro atoms. The van der Waals surface area contributed by atoms with Crippen molar-refractivity contribution in [1.29, 1.82) is 0 Å². The van der Waals surface area contributed by atoms with Gasteiger partial charge in [0.1, 0.15) is 6.61 Å². The summed E-state index contributed by atoms with van der Waals surface area (Å²) in [4.78, 5) is 22.3. The van der Waals surface area contributed by atoms with Crippen LogP contribution in [0.3, 0.4) is 0 Å². The Labute approximate surface area is 141 Å². The second kappa shape index (κ2) is 8.40.